The van der Waals surface area contributed by atoms with E-state index in [0.717, 1.165) is 29.6 Å². The Labute approximate surface area is 238 Å². The lowest BCUT2D eigenvalue weighted by molar-refractivity contribution is 0.223. The molecule has 3 aliphatic rings. The SMILES string of the molecule is Cc1cc2c(-n3cncn3)nc3c(F)c(-c4cc(O)cc5ccc(F)cc45)c(CCC#N)cc3c2n1[C@H]1[C@H]2CN[C@@H]1C2. The molecule has 3 aromatic heterocycles. The summed E-state index contributed by atoms with van der Waals surface area (Å²) in [6.45, 7) is 3.00. The van der Waals surface area contributed by atoms with Crippen LogP contribution in [0.4, 0.5) is 8.78 Å². The topological polar surface area (TPSA) is 105 Å². The predicted octanol–water partition coefficient (Wildman–Crippen LogP) is 5.87. The third kappa shape index (κ3) is 3.50. The van der Waals surface area contributed by atoms with Crippen molar-refractivity contribution in [2.45, 2.75) is 38.3 Å². The molecule has 42 heavy (non-hydrogen) atoms. The molecule has 3 fully saturated rings. The first-order valence-corrected chi connectivity index (χ1v) is 14.0. The van der Waals surface area contributed by atoms with Crippen molar-refractivity contribution >= 4 is 32.6 Å². The average Bonchev–Trinajstić information content (AvgIpc) is 3.78. The Kier molecular flexibility index (Phi) is 5.37. The Morgan fingerprint density at radius 2 is 2.00 bits per heavy atom. The highest BCUT2D eigenvalue weighted by Gasteiger charge is 2.48. The number of aryl methyl sites for hydroxylation is 2. The number of hydrogen-bond acceptors (Lipinski definition) is 6. The molecule has 2 N–H and O–H groups in total. The summed E-state index contributed by atoms with van der Waals surface area (Å²) in [4.78, 5) is 8.95. The van der Waals surface area contributed by atoms with Gasteiger partial charge in [-0.15, -0.1) is 0 Å². The van der Waals surface area contributed by atoms with Gasteiger partial charge in [-0.3, -0.25) is 0 Å². The molecule has 3 aromatic carbocycles. The van der Waals surface area contributed by atoms with E-state index >= 15 is 4.39 Å². The van der Waals surface area contributed by atoms with Gasteiger partial charge in [-0.25, -0.2) is 23.4 Å². The van der Waals surface area contributed by atoms with Crippen molar-refractivity contribution in [2.75, 3.05) is 6.54 Å². The van der Waals surface area contributed by atoms with Gasteiger partial charge in [-0.2, -0.15) is 10.4 Å². The standard InChI is InChI=1S/C32H25F2N7O/c1-16-7-25-31(41(16)30-19-10-26(30)37-13-19)24-9-18(3-2-6-35)27(28(34)29(24)39-32(25)40-15-36-14-38-40)23-12-21(42)8-17-4-5-20(33)11-22(17)23/h4-5,7-9,11-12,14-15,19,26,30,37,42H,2-3,10,13H2,1H3/t19-,26-,30+/m1/s1. The molecule has 10 heteroatoms. The zero-order valence-electron chi connectivity index (χ0n) is 22.6. The van der Waals surface area contributed by atoms with Gasteiger partial charge in [0.05, 0.1) is 17.6 Å². The molecule has 2 bridgehead atoms. The maximum atomic E-state index is 17.2. The van der Waals surface area contributed by atoms with Crippen LogP contribution in [0.1, 0.15) is 30.1 Å². The zero-order chi connectivity index (χ0) is 28.7. The number of nitriles is 1. The van der Waals surface area contributed by atoms with Crippen LogP contribution < -0.4 is 5.32 Å². The molecule has 3 atom stereocenters. The van der Waals surface area contributed by atoms with E-state index in [-0.39, 0.29) is 35.7 Å². The summed E-state index contributed by atoms with van der Waals surface area (Å²) in [5, 5.41) is 30.5. The fraction of sp³-hybridized carbons (Fsp3) is 0.250. The minimum Gasteiger partial charge on any atom is -0.508 e. The lowest BCUT2D eigenvalue weighted by Crippen LogP contribution is -2.39. The van der Waals surface area contributed by atoms with Gasteiger partial charge in [0, 0.05) is 41.0 Å². The summed E-state index contributed by atoms with van der Waals surface area (Å²) >= 11 is 0. The number of pyridine rings is 1. The molecule has 2 aliphatic heterocycles. The highest BCUT2D eigenvalue weighted by Crippen LogP contribution is 2.48. The number of aromatic hydroxyl groups is 1. The van der Waals surface area contributed by atoms with Gasteiger partial charge in [0.1, 0.15) is 29.7 Å². The highest BCUT2D eigenvalue weighted by atomic mass is 19.1. The zero-order valence-corrected chi connectivity index (χ0v) is 22.6. The van der Waals surface area contributed by atoms with Crippen molar-refractivity contribution in [3.8, 4) is 28.8 Å². The Morgan fingerprint density at radius 1 is 1.12 bits per heavy atom. The van der Waals surface area contributed by atoms with Gasteiger partial charge in [-0.05, 0) is 84.0 Å². The maximum absolute atomic E-state index is 17.2. The van der Waals surface area contributed by atoms with Gasteiger partial charge < -0.3 is 15.0 Å². The molecule has 8 nitrogen and oxygen atoms in total. The number of phenols is 1. The van der Waals surface area contributed by atoms with Gasteiger partial charge in [0.25, 0.3) is 0 Å². The Hall–Kier alpha value is -4.88. The van der Waals surface area contributed by atoms with Crippen molar-refractivity contribution in [3.05, 3.63) is 78.0 Å². The van der Waals surface area contributed by atoms with E-state index in [0.29, 0.717) is 45.1 Å². The quantitative estimate of drug-likeness (QED) is 0.273. The normalized spacial score (nSPS) is 19.5. The summed E-state index contributed by atoms with van der Waals surface area (Å²) < 4.78 is 35.5. The highest BCUT2D eigenvalue weighted by molar-refractivity contribution is 6.10. The first-order chi connectivity index (χ1) is 20.4. The second-order valence-corrected chi connectivity index (χ2v) is 11.3. The average molecular weight is 562 g/mol. The van der Waals surface area contributed by atoms with E-state index in [1.54, 1.807) is 17.1 Å². The monoisotopic (exact) mass is 561 g/mol. The van der Waals surface area contributed by atoms with Crippen LogP contribution in [0.3, 0.4) is 0 Å². The summed E-state index contributed by atoms with van der Waals surface area (Å²) in [5.41, 5.74) is 3.17. The fourth-order valence-corrected chi connectivity index (χ4v) is 7.16. The van der Waals surface area contributed by atoms with E-state index in [4.69, 9.17) is 4.98 Å². The third-order valence-electron chi connectivity index (χ3n) is 8.97. The summed E-state index contributed by atoms with van der Waals surface area (Å²) in [6.07, 6.45) is 4.49. The lowest BCUT2D eigenvalue weighted by Gasteiger charge is -2.37. The summed E-state index contributed by atoms with van der Waals surface area (Å²) in [6, 6.07) is 13.9. The van der Waals surface area contributed by atoms with Crippen molar-refractivity contribution in [2.24, 2.45) is 5.92 Å². The Bertz CT molecular complexity index is 2100. The number of benzene rings is 3. The lowest BCUT2D eigenvalue weighted by atomic mass is 9.79. The molecule has 9 rings (SSSR count). The fourth-order valence-electron chi connectivity index (χ4n) is 7.16. The van der Waals surface area contributed by atoms with Crippen LogP contribution in [0.15, 0.2) is 55.1 Å². The second-order valence-electron chi connectivity index (χ2n) is 11.3. The van der Waals surface area contributed by atoms with Crippen molar-refractivity contribution in [1.29, 1.82) is 5.26 Å². The van der Waals surface area contributed by atoms with E-state index in [1.807, 2.05) is 6.07 Å². The molecule has 2 saturated heterocycles. The predicted molar refractivity (Wildman–Crippen MR) is 154 cm³/mol. The smallest absolute Gasteiger partial charge is 0.165 e. The molecular weight excluding hydrogens is 536 g/mol. The number of nitrogens with zero attached hydrogens (tertiary/aromatic N) is 6. The first kappa shape index (κ1) is 24.9. The molecule has 0 spiro atoms. The Morgan fingerprint density at radius 3 is 2.74 bits per heavy atom. The minimum atomic E-state index is -0.597. The summed E-state index contributed by atoms with van der Waals surface area (Å²) in [7, 11) is 0. The molecule has 0 amide bonds. The van der Waals surface area contributed by atoms with E-state index in [2.05, 4.69) is 39.0 Å². The number of nitrogens with one attached hydrogen (secondary N) is 1. The van der Waals surface area contributed by atoms with Gasteiger partial charge in [0.2, 0.25) is 0 Å². The molecule has 208 valence electrons. The van der Waals surface area contributed by atoms with E-state index in [9.17, 15) is 14.8 Å². The molecule has 1 saturated carbocycles. The van der Waals surface area contributed by atoms with Crippen LogP contribution in [0.2, 0.25) is 0 Å². The molecule has 1 aliphatic carbocycles. The van der Waals surface area contributed by atoms with Crippen LogP contribution >= 0.6 is 0 Å². The summed E-state index contributed by atoms with van der Waals surface area (Å²) in [5.74, 6) is -0.200. The van der Waals surface area contributed by atoms with Crippen molar-refractivity contribution < 1.29 is 13.9 Å². The molecule has 0 radical (unpaired) electrons. The van der Waals surface area contributed by atoms with E-state index < -0.39 is 11.6 Å². The first-order valence-electron chi connectivity index (χ1n) is 14.0. The molecule has 6 aromatic rings. The molecule has 5 heterocycles. The van der Waals surface area contributed by atoms with Crippen molar-refractivity contribution in [1.82, 2.24) is 29.6 Å². The number of fused-ring (bicyclic) bond motifs is 5. The van der Waals surface area contributed by atoms with Crippen LogP contribution in [0, 0.1) is 35.8 Å². The number of aromatic nitrogens is 5. The number of rotatable bonds is 5. The van der Waals surface area contributed by atoms with Crippen LogP contribution in [-0.4, -0.2) is 42.0 Å². The van der Waals surface area contributed by atoms with Crippen LogP contribution in [-0.2, 0) is 6.42 Å². The molecule has 0 unspecified atom stereocenters. The minimum absolute atomic E-state index is 0.0704. The third-order valence-corrected chi connectivity index (χ3v) is 8.97. The van der Waals surface area contributed by atoms with E-state index in [1.165, 1.54) is 30.6 Å². The van der Waals surface area contributed by atoms with Gasteiger partial charge >= 0.3 is 0 Å². The second kappa shape index (κ2) is 9.06. The number of hydrogen-bond donors (Lipinski definition) is 2. The maximum Gasteiger partial charge on any atom is 0.165 e. The molecular formula is C32H25F2N7O. The van der Waals surface area contributed by atoms with Gasteiger partial charge in [-0.1, -0.05) is 6.07 Å². The largest absolute Gasteiger partial charge is 0.508 e. The van der Waals surface area contributed by atoms with Crippen molar-refractivity contribution in [3.63, 3.8) is 0 Å². The number of phenolic OH excluding ortho intramolecular Hbond substituents is 1. The Balaban J connectivity index is 1.51. The van der Waals surface area contributed by atoms with Crippen LogP contribution in [0.25, 0.3) is 49.5 Å². The van der Waals surface area contributed by atoms with Crippen LogP contribution in [0.5, 0.6) is 5.75 Å². The number of halogens is 2. The van der Waals surface area contributed by atoms with Gasteiger partial charge in [0.15, 0.2) is 11.6 Å².